The van der Waals surface area contributed by atoms with Gasteiger partial charge >= 0.3 is 0 Å². The lowest BCUT2D eigenvalue weighted by Crippen LogP contribution is -2.35. The van der Waals surface area contributed by atoms with Crippen molar-refractivity contribution < 1.29 is 9.53 Å². The largest absolute Gasteiger partial charge is 0.381 e. The van der Waals surface area contributed by atoms with Gasteiger partial charge in [0.2, 0.25) is 5.91 Å². The van der Waals surface area contributed by atoms with Gasteiger partial charge in [-0.25, -0.2) is 0 Å². The predicted octanol–water partition coefficient (Wildman–Crippen LogP) is 1.01. The molecule has 16 heavy (non-hydrogen) atoms. The van der Waals surface area contributed by atoms with Crippen molar-refractivity contribution in [2.75, 3.05) is 32.8 Å². The Morgan fingerprint density at radius 1 is 1.44 bits per heavy atom. The van der Waals surface area contributed by atoms with Crippen LogP contribution in [0.1, 0.15) is 33.1 Å². The van der Waals surface area contributed by atoms with Gasteiger partial charge in [0, 0.05) is 25.7 Å². The van der Waals surface area contributed by atoms with Crippen molar-refractivity contribution >= 4 is 5.91 Å². The highest BCUT2D eigenvalue weighted by Gasteiger charge is 2.24. The van der Waals surface area contributed by atoms with E-state index in [1.807, 2.05) is 4.90 Å². The summed E-state index contributed by atoms with van der Waals surface area (Å²) < 4.78 is 5.32. The van der Waals surface area contributed by atoms with Crippen molar-refractivity contribution in [1.82, 2.24) is 10.2 Å². The molecule has 0 aromatic carbocycles. The molecule has 1 heterocycles. The maximum atomic E-state index is 11.8. The number of likely N-dealkylation sites (N-methyl/N-ethyl adjacent to an activating group) is 1. The Bertz CT molecular complexity index is 209. The van der Waals surface area contributed by atoms with Gasteiger partial charge in [0.15, 0.2) is 0 Å². The molecule has 1 rings (SSSR count). The first kappa shape index (κ1) is 13.5. The average molecular weight is 228 g/mol. The molecule has 0 aromatic heterocycles. The summed E-state index contributed by atoms with van der Waals surface area (Å²) in [5.74, 6) is 0.233. The number of nitrogens with one attached hydrogen (secondary N) is 1. The number of hydrogen-bond acceptors (Lipinski definition) is 3. The Morgan fingerprint density at radius 2 is 2.25 bits per heavy atom. The Morgan fingerprint density at radius 3 is 2.94 bits per heavy atom. The molecule has 1 atom stereocenters. The van der Waals surface area contributed by atoms with E-state index in [1.165, 1.54) is 0 Å². The van der Waals surface area contributed by atoms with E-state index in [-0.39, 0.29) is 5.91 Å². The molecule has 0 spiro atoms. The zero-order valence-electron chi connectivity index (χ0n) is 10.5. The fraction of sp³-hybridized carbons (Fsp3) is 0.917. The van der Waals surface area contributed by atoms with Crippen LogP contribution in [0.2, 0.25) is 0 Å². The molecule has 1 fully saturated rings. The fourth-order valence-electron chi connectivity index (χ4n) is 2.01. The molecule has 1 amide bonds. The Hall–Kier alpha value is -0.610. The first-order chi connectivity index (χ1) is 7.77. The van der Waals surface area contributed by atoms with Crippen LogP contribution in [0.3, 0.4) is 0 Å². The lowest BCUT2D eigenvalue weighted by atomic mass is 10.3. The van der Waals surface area contributed by atoms with E-state index in [4.69, 9.17) is 4.74 Å². The number of amides is 1. The third kappa shape index (κ3) is 4.49. The number of carbonyl (C=O) groups excluding carboxylic acids is 1. The summed E-state index contributed by atoms with van der Waals surface area (Å²) in [7, 11) is 0. The Labute approximate surface area is 98.3 Å². The van der Waals surface area contributed by atoms with Crippen LogP contribution in [0.25, 0.3) is 0 Å². The molecular weight excluding hydrogens is 204 g/mol. The van der Waals surface area contributed by atoms with Crippen molar-refractivity contribution in [2.45, 2.75) is 39.2 Å². The molecule has 1 saturated heterocycles. The van der Waals surface area contributed by atoms with Gasteiger partial charge in [-0.1, -0.05) is 13.8 Å². The predicted molar refractivity (Wildman–Crippen MR) is 64.4 cm³/mol. The van der Waals surface area contributed by atoms with Crippen molar-refractivity contribution in [3.05, 3.63) is 0 Å². The minimum atomic E-state index is 0.233. The molecular formula is C12H24N2O2. The normalized spacial score (nSPS) is 20.4. The highest BCUT2D eigenvalue weighted by Crippen LogP contribution is 2.10. The molecule has 0 bridgehead atoms. The second-order valence-electron chi connectivity index (χ2n) is 4.25. The number of rotatable bonds is 7. The zero-order chi connectivity index (χ0) is 11.8. The second-order valence-corrected chi connectivity index (χ2v) is 4.25. The summed E-state index contributed by atoms with van der Waals surface area (Å²) in [6.45, 7) is 8.23. The van der Waals surface area contributed by atoms with Crippen molar-refractivity contribution in [2.24, 2.45) is 0 Å². The number of likely N-dealkylation sites (tertiary alicyclic amines) is 1. The van der Waals surface area contributed by atoms with Crippen LogP contribution in [-0.4, -0.2) is 49.7 Å². The Balaban J connectivity index is 2.13. The van der Waals surface area contributed by atoms with Gasteiger partial charge in [0.1, 0.15) is 0 Å². The summed E-state index contributed by atoms with van der Waals surface area (Å²) in [5.41, 5.74) is 0. The minimum Gasteiger partial charge on any atom is -0.381 e. The van der Waals surface area contributed by atoms with Gasteiger partial charge < -0.3 is 15.0 Å². The first-order valence-corrected chi connectivity index (χ1v) is 6.36. The summed E-state index contributed by atoms with van der Waals surface area (Å²) in [4.78, 5) is 13.7. The number of carbonyl (C=O) groups is 1. The van der Waals surface area contributed by atoms with Crippen LogP contribution in [0, 0.1) is 0 Å². The summed E-state index contributed by atoms with van der Waals surface area (Å²) in [6.07, 6.45) is 2.62. The van der Waals surface area contributed by atoms with Crippen LogP contribution in [0.15, 0.2) is 0 Å². The van der Waals surface area contributed by atoms with E-state index < -0.39 is 0 Å². The second kappa shape index (κ2) is 7.63. The molecule has 1 N–H and O–H groups in total. The highest BCUT2D eigenvalue weighted by molar-refractivity contribution is 5.76. The number of hydrogen-bond donors (Lipinski definition) is 1. The van der Waals surface area contributed by atoms with Gasteiger partial charge in [-0.2, -0.15) is 0 Å². The van der Waals surface area contributed by atoms with Crippen LogP contribution < -0.4 is 5.32 Å². The third-order valence-corrected chi connectivity index (χ3v) is 2.84. The molecule has 0 unspecified atom stereocenters. The van der Waals surface area contributed by atoms with Gasteiger partial charge in [0.25, 0.3) is 0 Å². The molecule has 0 aliphatic carbocycles. The molecule has 0 aromatic rings. The van der Waals surface area contributed by atoms with E-state index in [1.54, 1.807) is 0 Å². The summed E-state index contributed by atoms with van der Waals surface area (Å²) in [6, 6.07) is 0.491. The van der Waals surface area contributed by atoms with Crippen LogP contribution in [-0.2, 0) is 9.53 Å². The van der Waals surface area contributed by atoms with Crippen LogP contribution >= 0.6 is 0 Å². The van der Waals surface area contributed by atoms with Gasteiger partial charge in [-0.3, -0.25) is 4.79 Å². The van der Waals surface area contributed by atoms with E-state index in [2.05, 4.69) is 19.2 Å². The summed E-state index contributed by atoms with van der Waals surface area (Å²) in [5, 5.41) is 3.38. The molecule has 1 aliphatic heterocycles. The lowest BCUT2D eigenvalue weighted by Gasteiger charge is -2.16. The van der Waals surface area contributed by atoms with Gasteiger partial charge in [-0.05, 0) is 19.4 Å². The monoisotopic (exact) mass is 228 g/mol. The smallest absolute Gasteiger partial charge is 0.224 e. The number of ether oxygens (including phenoxy) is 1. The van der Waals surface area contributed by atoms with E-state index >= 15 is 0 Å². The standard InChI is InChI=1S/C12H24N2O2/c1-3-8-16-9-6-12(15)14-7-5-11(10-14)13-4-2/h11,13H,3-10H2,1-2H3/t11-/m1/s1. The SMILES string of the molecule is CCCOCCC(=O)N1CC[C@@H](NCC)C1. The van der Waals surface area contributed by atoms with Crippen LogP contribution in [0.4, 0.5) is 0 Å². The molecule has 0 radical (unpaired) electrons. The quantitative estimate of drug-likeness (QED) is 0.661. The van der Waals surface area contributed by atoms with E-state index in [0.29, 0.717) is 19.1 Å². The van der Waals surface area contributed by atoms with Crippen molar-refractivity contribution in [3.8, 4) is 0 Å². The van der Waals surface area contributed by atoms with E-state index in [9.17, 15) is 4.79 Å². The topological polar surface area (TPSA) is 41.6 Å². The number of nitrogens with zero attached hydrogens (tertiary/aromatic N) is 1. The van der Waals surface area contributed by atoms with Crippen molar-refractivity contribution in [1.29, 1.82) is 0 Å². The molecule has 4 heteroatoms. The lowest BCUT2D eigenvalue weighted by molar-refractivity contribution is -0.131. The third-order valence-electron chi connectivity index (χ3n) is 2.84. The minimum absolute atomic E-state index is 0.233. The Kier molecular flexibility index (Phi) is 6.42. The average Bonchev–Trinajstić information content (AvgIpc) is 2.73. The molecule has 1 aliphatic rings. The molecule has 0 saturated carbocycles. The molecule has 94 valence electrons. The maximum absolute atomic E-state index is 11.8. The zero-order valence-corrected chi connectivity index (χ0v) is 10.5. The van der Waals surface area contributed by atoms with Gasteiger partial charge in [0.05, 0.1) is 13.0 Å². The van der Waals surface area contributed by atoms with Crippen molar-refractivity contribution in [3.63, 3.8) is 0 Å². The highest BCUT2D eigenvalue weighted by atomic mass is 16.5. The van der Waals surface area contributed by atoms with E-state index in [0.717, 1.165) is 39.1 Å². The molecule has 4 nitrogen and oxygen atoms in total. The summed E-state index contributed by atoms with van der Waals surface area (Å²) >= 11 is 0. The van der Waals surface area contributed by atoms with Gasteiger partial charge in [-0.15, -0.1) is 0 Å². The first-order valence-electron chi connectivity index (χ1n) is 6.36. The fourth-order valence-corrected chi connectivity index (χ4v) is 2.01. The van der Waals surface area contributed by atoms with Crippen LogP contribution in [0.5, 0.6) is 0 Å². The maximum Gasteiger partial charge on any atom is 0.224 e.